The van der Waals surface area contributed by atoms with Gasteiger partial charge in [0.2, 0.25) is 0 Å². The molecule has 1 aliphatic carbocycles. The fourth-order valence-corrected chi connectivity index (χ4v) is 2.62. The SMILES string of the molecule is [CH2]CC(O)(O)c1cccc(/C=C/C2(O)CCCCC2)c1. The third-order valence-electron chi connectivity index (χ3n) is 4.00. The molecule has 0 saturated heterocycles. The largest absolute Gasteiger partial charge is 0.386 e. The van der Waals surface area contributed by atoms with E-state index in [9.17, 15) is 15.3 Å². The first-order chi connectivity index (χ1) is 9.45. The van der Waals surface area contributed by atoms with Crippen molar-refractivity contribution < 1.29 is 15.3 Å². The molecule has 1 radical (unpaired) electrons. The molecule has 1 fully saturated rings. The lowest BCUT2D eigenvalue weighted by Crippen LogP contribution is -2.28. The maximum Gasteiger partial charge on any atom is 0.189 e. The van der Waals surface area contributed by atoms with Crippen LogP contribution in [0.1, 0.15) is 49.7 Å². The van der Waals surface area contributed by atoms with Crippen molar-refractivity contribution in [3.63, 3.8) is 0 Å². The number of benzene rings is 1. The van der Waals surface area contributed by atoms with Gasteiger partial charge < -0.3 is 15.3 Å². The van der Waals surface area contributed by atoms with Crippen molar-refractivity contribution in [2.75, 3.05) is 0 Å². The van der Waals surface area contributed by atoms with E-state index in [4.69, 9.17) is 0 Å². The van der Waals surface area contributed by atoms with E-state index in [1.54, 1.807) is 18.2 Å². The minimum absolute atomic E-state index is 0.00982. The van der Waals surface area contributed by atoms with Crippen LogP contribution in [0.15, 0.2) is 30.3 Å². The summed E-state index contributed by atoms with van der Waals surface area (Å²) in [7, 11) is 0. The summed E-state index contributed by atoms with van der Waals surface area (Å²) in [4.78, 5) is 0. The maximum atomic E-state index is 10.4. The molecule has 3 N–H and O–H groups in total. The summed E-state index contributed by atoms with van der Waals surface area (Å²) < 4.78 is 0. The highest BCUT2D eigenvalue weighted by molar-refractivity contribution is 5.52. The zero-order chi connectivity index (χ0) is 14.6. The third-order valence-corrected chi connectivity index (χ3v) is 4.00. The van der Waals surface area contributed by atoms with Crippen molar-refractivity contribution >= 4 is 6.08 Å². The summed E-state index contributed by atoms with van der Waals surface area (Å²) in [5.41, 5.74) is 0.559. The number of hydrogen-bond acceptors (Lipinski definition) is 3. The van der Waals surface area contributed by atoms with Crippen molar-refractivity contribution in [1.29, 1.82) is 0 Å². The van der Waals surface area contributed by atoms with Gasteiger partial charge in [0.25, 0.3) is 0 Å². The van der Waals surface area contributed by atoms with Gasteiger partial charge in [-0.2, -0.15) is 0 Å². The Labute approximate surface area is 120 Å². The first-order valence-electron chi connectivity index (χ1n) is 7.21. The van der Waals surface area contributed by atoms with E-state index in [1.165, 1.54) is 6.42 Å². The van der Waals surface area contributed by atoms with Crippen molar-refractivity contribution in [3.05, 3.63) is 48.4 Å². The van der Waals surface area contributed by atoms with Crippen LogP contribution in [0.2, 0.25) is 0 Å². The highest BCUT2D eigenvalue weighted by Crippen LogP contribution is 2.30. The molecule has 0 atom stereocenters. The van der Waals surface area contributed by atoms with Gasteiger partial charge in [0.05, 0.1) is 5.60 Å². The highest BCUT2D eigenvalue weighted by atomic mass is 16.5. The van der Waals surface area contributed by atoms with Crippen molar-refractivity contribution in [1.82, 2.24) is 0 Å². The summed E-state index contributed by atoms with van der Waals surface area (Å²) in [6.07, 6.45) is 8.58. The molecule has 0 aliphatic heterocycles. The third kappa shape index (κ3) is 3.69. The summed E-state index contributed by atoms with van der Waals surface area (Å²) in [5.74, 6) is -1.90. The molecule has 1 aromatic rings. The smallest absolute Gasteiger partial charge is 0.189 e. The van der Waals surface area contributed by atoms with Crippen LogP contribution in [0.3, 0.4) is 0 Å². The molecule has 0 spiro atoms. The molecule has 0 bridgehead atoms. The van der Waals surface area contributed by atoms with Gasteiger partial charge in [-0.15, -0.1) is 0 Å². The van der Waals surface area contributed by atoms with Crippen molar-refractivity contribution in [2.24, 2.45) is 0 Å². The lowest BCUT2D eigenvalue weighted by Gasteiger charge is -2.28. The average Bonchev–Trinajstić information content (AvgIpc) is 2.46. The van der Waals surface area contributed by atoms with Gasteiger partial charge in [0, 0.05) is 12.0 Å². The lowest BCUT2D eigenvalue weighted by molar-refractivity contribution is -0.166. The predicted molar refractivity (Wildman–Crippen MR) is 79.6 cm³/mol. The Morgan fingerprint density at radius 3 is 2.55 bits per heavy atom. The van der Waals surface area contributed by atoms with Crippen LogP contribution in [0.4, 0.5) is 0 Å². The average molecular weight is 275 g/mol. The van der Waals surface area contributed by atoms with Crippen LogP contribution in [-0.2, 0) is 5.79 Å². The van der Waals surface area contributed by atoms with Gasteiger partial charge in [-0.1, -0.05) is 49.6 Å². The molecule has 1 aliphatic rings. The number of aliphatic hydroxyl groups is 3. The zero-order valence-corrected chi connectivity index (χ0v) is 11.8. The van der Waals surface area contributed by atoms with E-state index in [1.807, 2.05) is 18.2 Å². The Balaban J connectivity index is 2.15. The van der Waals surface area contributed by atoms with Crippen LogP contribution in [-0.4, -0.2) is 20.9 Å². The molecular weight excluding hydrogens is 252 g/mol. The standard InChI is InChI=1S/C17H23O3/c1-2-17(19,20)15-8-6-7-14(13-15)9-12-16(18)10-4-3-5-11-16/h6-9,12-13,18-20H,1-5,10-11H2/b12-9+. The van der Waals surface area contributed by atoms with E-state index < -0.39 is 11.4 Å². The van der Waals surface area contributed by atoms with Gasteiger partial charge in [-0.05, 0) is 31.4 Å². The normalized spacial score (nSPS) is 19.4. The number of hydrogen-bond donors (Lipinski definition) is 3. The summed E-state index contributed by atoms with van der Waals surface area (Å²) in [5, 5.41) is 30.0. The minimum Gasteiger partial charge on any atom is -0.386 e. The first kappa shape index (κ1) is 15.2. The summed E-state index contributed by atoms with van der Waals surface area (Å²) >= 11 is 0. The molecule has 3 heteroatoms. The summed E-state index contributed by atoms with van der Waals surface area (Å²) in [6, 6.07) is 7.04. The topological polar surface area (TPSA) is 60.7 Å². The second-order valence-electron chi connectivity index (χ2n) is 5.69. The van der Waals surface area contributed by atoms with E-state index in [0.717, 1.165) is 31.2 Å². The maximum absolute atomic E-state index is 10.4. The van der Waals surface area contributed by atoms with Crippen LogP contribution < -0.4 is 0 Å². The Morgan fingerprint density at radius 1 is 1.20 bits per heavy atom. The Morgan fingerprint density at radius 2 is 1.90 bits per heavy atom. The lowest BCUT2D eigenvalue weighted by atomic mass is 9.84. The fraction of sp³-hybridized carbons (Fsp3) is 0.471. The Hall–Kier alpha value is -1.16. The first-order valence-corrected chi connectivity index (χ1v) is 7.21. The fourth-order valence-electron chi connectivity index (χ4n) is 2.62. The van der Waals surface area contributed by atoms with E-state index >= 15 is 0 Å². The molecule has 0 aromatic heterocycles. The number of rotatable bonds is 4. The zero-order valence-electron chi connectivity index (χ0n) is 11.8. The molecule has 1 aromatic carbocycles. The van der Waals surface area contributed by atoms with Crippen LogP contribution in [0.5, 0.6) is 0 Å². The molecule has 109 valence electrons. The highest BCUT2D eigenvalue weighted by Gasteiger charge is 2.26. The van der Waals surface area contributed by atoms with Gasteiger partial charge >= 0.3 is 0 Å². The van der Waals surface area contributed by atoms with Gasteiger partial charge in [0.15, 0.2) is 5.79 Å². The van der Waals surface area contributed by atoms with Crippen LogP contribution >= 0.6 is 0 Å². The van der Waals surface area contributed by atoms with E-state index in [0.29, 0.717) is 5.56 Å². The van der Waals surface area contributed by atoms with Crippen LogP contribution in [0.25, 0.3) is 6.08 Å². The summed E-state index contributed by atoms with van der Waals surface area (Å²) in [6.45, 7) is 3.54. The van der Waals surface area contributed by atoms with Gasteiger partial charge in [0.1, 0.15) is 0 Å². The van der Waals surface area contributed by atoms with Gasteiger partial charge in [-0.3, -0.25) is 0 Å². The Kier molecular flexibility index (Phi) is 4.63. The van der Waals surface area contributed by atoms with E-state index in [2.05, 4.69) is 6.92 Å². The Bertz CT molecular complexity index is 471. The molecule has 2 rings (SSSR count). The molecule has 0 amide bonds. The van der Waals surface area contributed by atoms with E-state index in [-0.39, 0.29) is 6.42 Å². The molecule has 0 heterocycles. The monoisotopic (exact) mass is 275 g/mol. The molecule has 20 heavy (non-hydrogen) atoms. The minimum atomic E-state index is -1.90. The predicted octanol–water partition coefficient (Wildman–Crippen LogP) is 2.76. The van der Waals surface area contributed by atoms with Crippen molar-refractivity contribution in [3.8, 4) is 0 Å². The quantitative estimate of drug-likeness (QED) is 0.740. The second kappa shape index (κ2) is 6.08. The molecular formula is C17H23O3. The molecule has 3 nitrogen and oxygen atoms in total. The molecule has 1 saturated carbocycles. The van der Waals surface area contributed by atoms with Crippen LogP contribution in [0, 0.1) is 6.92 Å². The van der Waals surface area contributed by atoms with Gasteiger partial charge in [-0.25, -0.2) is 0 Å². The van der Waals surface area contributed by atoms with Crippen molar-refractivity contribution in [2.45, 2.75) is 49.9 Å². The molecule has 0 unspecified atom stereocenters. The second-order valence-corrected chi connectivity index (χ2v) is 5.69.